The number of carbonyl (C=O) groups is 1. The Labute approximate surface area is 197 Å². The van der Waals surface area contributed by atoms with E-state index in [4.69, 9.17) is 5.41 Å². The van der Waals surface area contributed by atoms with Crippen molar-refractivity contribution in [2.75, 3.05) is 58.3 Å². The number of carbonyl (C=O) groups excluding carboxylic acids is 1. The van der Waals surface area contributed by atoms with Crippen LogP contribution in [0.4, 0.5) is 19.3 Å². The number of hydrogen-bond acceptors (Lipinski definition) is 6. The zero-order chi connectivity index (χ0) is 24.0. The Bertz CT molecular complexity index is 1080. The second-order valence-electron chi connectivity index (χ2n) is 9.09. The Morgan fingerprint density at radius 3 is 2.68 bits per heavy atom. The van der Waals surface area contributed by atoms with E-state index in [0.29, 0.717) is 43.9 Å². The molecule has 0 aliphatic carbocycles. The van der Waals surface area contributed by atoms with Gasteiger partial charge in [0.15, 0.2) is 0 Å². The van der Waals surface area contributed by atoms with Gasteiger partial charge in [-0.25, -0.2) is 19.0 Å². The van der Waals surface area contributed by atoms with Gasteiger partial charge in [0.25, 0.3) is 6.43 Å². The van der Waals surface area contributed by atoms with Crippen molar-refractivity contribution in [3.05, 3.63) is 46.3 Å². The van der Waals surface area contributed by atoms with Gasteiger partial charge in [0.05, 0.1) is 19.1 Å². The van der Waals surface area contributed by atoms with Gasteiger partial charge in [0, 0.05) is 69.0 Å². The van der Waals surface area contributed by atoms with Crippen LogP contribution < -0.4 is 26.3 Å². The fourth-order valence-electron chi connectivity index (χ4n) is 4.92. The Kier molecular flexibility index (Phi) is 5.90. The molecule has 0 spiro atoms. The van der Waals surface area contributed by atoms with E-state index in [2.05, 4.69) is 21.4 Å². The van der Waals surface area contributed by atoms with Crippen molar-refractivity contribution in [2.45, 2.75) is 18.9 Å². The van der Waals surface area contributed by atoms with Crippen LogP contribution in [0.2, 0.25) is 0 Å². The van der Waals surface area contributed by atoms with Crippen LogP contribution in [0.5, 0.6) is 0 Å². The van der Waals surface area contributed by atoms with Gasteiger partial charge in [-0.1, -0.05) is 0 Å². The minimum atomic E-state index is -2.62. The number of nitrogens with zero attached hydrogens (tertiary/aromatic N) is 3. The molecule has 1 aromatic rings. The summed E-state index contributed by atoms with van der Waals surface area (Å²) >= 11 is 0. The van der Waals surface area contributed by atoms with Gasteiger partial charge in [-0.2, -0.15) is 0 Å². The molecule has 5 rings (SSSR count). The van der Waals surface area contributed by atoms with Gasteiger partial charge in [-0.05, 0) is 35.3 Å². The highest BCUT2D eigenvalue weighted by atomic mass is 19.3. The maximum Gasteiger partial charge on any atom is 0.317 e. The predicted octanol–water partition coefficient (Wildman–Crippen LogP) is 1.23. The van der Waals surface area contributed by atoms with Crippen LogP contribution in [-0.2, 0) is 6.42 Å². The van der Waals surface area contributed by atoms with Gasteiger partial charge in [-0.3, -0.25) is 5.41 Å². The van der Waals surface area contributed by atoms with E-state index in [1.54, 1.807) is 23.0 Å². The third-order valence-corrected chi connectivity index (χ3v) is 6.87. The summed E-state index contributed by atoms with van der Waals surface area (Å²) in [6, 6.07) is 3.46. The van der Waals surface area contributed by atoms with Crippen LogP contribution in [0.3, 0.4) is 0 Å². The van der Waals surface area contributed by atoms with Crippen LogP contribution in [0, 0.1) is 5.41 Å². The number of alkyl halides is 2. The molecular weight excluding hydrogens is 442 g/mol. The molecule has 2 amide bonds. The number of nitrogens with one attached hydrogen (secondary N) is 5. The molecule has 1 aromatic carbocycles. The van der Waals surface area contributed by atoms with Crippen LogP contribution in [0.1, 0.15) is 23.1 Å². The largest absolute Gasteiger partial charge is 0.381 e. The highest BCUT2D eigenvalue weighted by molar-refractivity contribution is 6.10. The lowest BCUT2D eigenvalue weighted by atomic mass is 9.96. The zero-order valence-electron chi connectivity index (χ0n) is 19.3. The molecule has 0 atom stereocenters. The Hall–Kier alpha value is -3.18. The van der Waals surface area contributed by atoms with E-state index in [-0.39, 0.29) is 23.5 Å². The summed E-state index contributed by atoms with van der Waals surface area (Å²) in [5.41, 5.74) is 7.67. The zero-order valence-corrected chi connectivity index (χ0v) is 19.3. The topological polar surface area (TPSA) is 98.8 Å². The summed E-state index contributed by atoms with van der Waals surface area (Å²) in [6.07, 6.45) is -0.111. The highest BCUT2D eigenvalue weighted by Gasteiger charge is 2.35. The van der Waals surface area contributed by atoms with Crippen molar-refractivity contribution >= 4 is 23.1 Å². The third kappa shape index (κ3) is 3.98. The number of urea groups is 1. The van der Waals surface area contributed by atoms with Crippen LogP contribution >= 0.6 is 0 Å². The molecule has 34 heavy (non-hydrogen) atoms. The lowest BCUT2D eigenvalue weighted by molar-refractivity contribution is 0.151. The second-order valence-corrected chi connectivity index (χ2v) is 9.09. The van der Waals surface area contributed by atoms with Crippen molar-refractivity contribution in [1.29, 1.82) is 5.41 Å². The summed E-state index contributed by atoms with van der Waals surface area (Å²) in [7, 11) is 3.43. The molecule has 11 heteroatoms. The van der Waals surface area contributed by atoms with Crippen LogP contribution in [0.25, 0.3) is 5.57 Å². The third-order valence-electron chi connectivity index (χ3n) is 6.87. The Balaban J connectivity index is 1.46. The molecule has 0 unspecified atom stereocenters. The fraction of sp³-hybridized carbons (Fsp3) is 0.478. The summed E-state index contributed by atoms with van der Waals surface area (Å²) in [5, 5.41) is 20.1. The first-order valence-corrected chi connectivity index (χ1v) is 11.5. The average Bonchev–Trinajstić information content (AvgIpc) is 3.52. The van der Waals surface area contributed by atoms with Gasteiger partial charge < -0.3 is 30.8 Å². The molecule has 9 nitrogen and oxygen atoms in total. The predicted molar refractivity (Wildman–Crippen MR) is 127 cm³/mol. The average molecular weight is 473 g/mol. The molecule has 1 fully saturated rings. The minimum absolute atomic E-state index is 0.0203. The van der Waals surface area contributed by atoms with Crippen LogP contribution in [0.15, 0.2) is 29.6 Å². The summed E-state index contributed by atoms with van der Waals surface area (Å²) in [6.45, 7) is 3.40. The number of hydrazine groups is 1. The summed E-state index contributed by atoms with van der Waals surface area (Å²) in [4.78, 5) is 15.7. The first kappa shape index (κ1) is 22.6. The van der Waals surface area contributed by atoms with E-state index >= 15 is 0 Å². The van der Waals surface area contributed by atoms with Crippen molar-refractivity contribution in [2.24, 2.45) is 0 Å². The van der Waals surface area contributed by atoms with Gasteiger partial charge in [0.2, 0.25) is 0 Å². The molecule has 0 aromatic heterocycles. The molecule has 4 aliphatic heterocycles. The summed E-state index contributed by atoms with van der Waals surface area (Å²) < 4.78 is 28.2. The molecule has 0 radical (unpaired) electrons. The fourth-order valence-corrected chi connectivity index (χ4v) is 4.92. The maximum absolute atomic E-state index is 14.1. The number of benzene rings is 1. The molecular formula is C23H30F2N8O. The Morgan fingerprint density at radius 2 is 2.06 bits per heavy atom. The first-order valence-electron chi connectivity index (χ1n) is 11.5. The molecule has 0 saturated carbocycles. The van der Waals surface area contributed by atoms with Gasteiger partial charge in [0.1, 0.15) is 5.84 Å². The molecule has 182 valence electrons. The van der Waals surface area contributed by atoms with E-state index in [9.17, 15) is 13.6 Å². The van der Waals surface area contributed by atoms with E-state index in [1.807, 2.05) is 24.2 Å². The number of anilines is 1. The quantitative estimate of drug-likeness (QED) is 0.327. The molecule has 0 bridgehead atoms. The van der Waals surface area contributed by atoms with Gasteiger partial charge >= 0.3 is 6.03 Å². The molecule has 1 saturated heterocycles. The Morgan fingerprint density at radius 1 is 1.26 bits per heavy atom. The smallest absolute Gasteiger partial charge is 0.317 e. The van der Waals surface area contributed by atoms with Crippen molar-refractivity contribution in [3.8, 4) is 0 Å². The molecule has 4 heterocycles. The number of hydrogen-bond donors (Lipinski definition) is 5. The van der Waals surface area contributed by atoms with E-state index < -0.39 is 6.43 Å². The summed E-state index contributed by atoms with van der Waals surface area (Å²) in [5.74, 6) is 0.259. The minimum Gasteiger partial charge on any atom is -0.381 e. The monoisotopic (exact) mass is 472 g/mol. The van der Waals surface area contributed by atoms with Gasteiger partial charge in [-0.15, -0.1) is 0 Å². The molecule has 4 aliphatic rings. The number of amides is 2. The van der Waals surface area contributed by atoms with Crippen molar-refractivity contribution in [3.63, 3.8) is 0 Å². The SMILES string of the molecule is CNC(=O)N1CC(NC2CNC2)=C(C(=N)N2CCc3cc(C4=CN(C)NC4)c(C(F)F)cc32)C1. The first-order chi connectivity index (χ1) is 16.4. The normalized spacial score (nSPS) is 20.1. The number of amidine groups is 1. The van der Waals surface area contributed by atoms with E-state index in [1.165, 1.54) is 0 Å². The lowest BCUT2D eigenvalue weighted by Crippen LogP contribution is -2.55. The number of fused-ring (bicyclic) bond motifs is 1. The highest BCUT2D eigenvalue weighted by Crippen LogP contribution is 2.39. The standard InChI is InChI=1S/C23H30F2N8O/c1-27-23(34)32-11-18(19(12-32)30-15-8-28-9-15)22(26)33-4-3-13-5-16(14-7-29-31(2)10-14)17(21(24)25)6-20(13)33/h5-6,10,15,21,26,28-30H,3-4,7-9,11-12H2,1-2H3,(H,27,34). The number of rotatable bonds is 5. The lowest BCUT2D eigenvalue weighted by Gasteiger charge is -2.30. The maximum atomic E-state index is 14.1. The number of halogens is 2. The molecule has 5 N–H and O–H groups in total. The van der Waals surface area contributed by atoms with E-state index in [0.717, 1.165) is 35.5 Å². The second kappa shape index (κ2) is 8.88. The van der Waals surface area contributed by atoms with Crippen LogP contribution in [-0.4, -0.2) is 81.2 Å². The van der Waals surface area contributed by atoms with Crippen molar-refractivity contribution in [1.82, 2.24) is 31.3 Å². The van der Waals surface area contributed by atoms with Crippen molar-refractivity contribution < 1.29 is 13.6 Å².